The molecule has 0 aromatic carbocycles. The van der Waals surface area contributed by atoms with Gasteiger partial charge in [0.2, 0.25) is 0 Å². The van der Waals surface area contributed by atoms with Crippen LogP contribution in [0.2, 0.25) is 0 Å². The molecule has 4 heteroatoms. The number of aromatic nitrogens is 1. The first-order valence-electron chi connectivity index (χ1n) is 4.05. The predicted octanol–water partition coefficient (Wildman–Crippen LogP) is 1.65. The molecule has 0 bridgehead atoms. The average molecular weight is 313 g/mol. The Hall–Kier alpha value is 0.0700. The lowest BCUT2D eigenvalue weighted by atomic mass is 10.2. The van der Waals surface area contributed by atoms with Crippen LogP contribution in [0.15, 0.2) is 24.5 Å². The van der Waals surface area contributed by atoms with Crippen molar-refractivity contribution in [2.24, 2.45) is 5.73 Å². The number of halogens is 2. The fourth-order valence-corrected chi connectivity index (χ4v) is 1.02. The number of hydrogen-bond donors (Lipinski definition) is 1. The topological polar surface area (TPSA) is 29.9 Å². The summed E-state index contributed by atoms with van der Waals surface area (Å²) in [5, 5.41) is 0. The minimum absolute atomic E-state index is 0. The van der Waals surface area contributed by atoms with Crippen molar-refractivity contribution in [2.45, 2.75) is 19.9 Å². The predicted molar refractivity (Wildman–Crippen MR) is 65.7 cm³/mol. The molecule has 76 valence electrons. The zero-order valence-corrected chi connectivity index (χ0v) is 11.2. The van der Waals surface area contributed by atoms with Gasteiger partial charge < -0.3 is 5.73 Å². The molecule has 1 aromatic heterocycles. The highest BCUT2D eigenvalue weighted by molar-refractivity contribution is 8.93. The first kappa shape index (κ1) is 15.5. The first-order valence-corrected chi connectivity index (χ1v) is 4.05. The highest BCUT2D eigenvalue weighted by Crippen LogP contribution is 1.94. The van der Waals surface area contributed by atoms with Crippen molar-refractivity contribution in [3.05, 3.63) is 30.1 Å². The van der Waals surface area contributed by atoms with Gasteiger partial charge in [0, 0.05) is 12.1 Å². The Morgan fingerprint density at radius 3 is 2.15 bits per heavy atom. The van der Waals surface area contributed by atoms with Crippen LogP contribution >= 0.6 is 34.0 Å². The summed E-state index contributed by atoms with van der Waals surface area (Å²) in [5.41, 5.74) is 6.78. The second-order valence-corrected chi connectivity index (χ2v) is 2.59. The van der Waals surface area contributed by atoms with Crippen molar-refractivity contribution in [3.8, 4) is 0 Å². The quantitative estimate of drug-likeness (QED) is 0.845. The summed E-state index contributed by atoms with van der Waals surface area (Å²) < 4.78 is 2.10. The number of aryl methyl sites for hydroxylation is 1. The molecule has 13 heavy (non-hydrogen) atoms. The van der Waals surface area contributed by atoms with Gasteiger partial charge in [-0.15, -0.1) is 34.0 Å². The molecule has 2 nitrogen and oxygen atoms in total. The average Bonchev–Trinajstić information content (AvgIpc) is 2.07. The van der Waals surface area contributed by atoms with Crippen molar-refractivity contribution >= 4 is 34.0 Å². The SMILES string of the molecule is Br.Br.CCc1cc[n+](CCN)cc1. The first-order chi connectivity index (χ1) is 5.36. The van der Waals surface area contributed by atoms with Gasteiger partial charge in [-0.05, 0) is 12.0 Å². The Balaban J connectivity index is 0. The number of hydrogen-bond acceptors (Lipinski definition) is 1. The van der Waals surface area contributed by atoms with Crippen molar-refractivity contribution in [2.75, 3.05) is 6.54 Å². The molecule has 2 N–H and O–H groups in total. The largest absolute Gasteiger partial charge is 0.325 e. The van der Waals surface area contributed by atoms with Crippen LogP contribution in [0, 0.1) is 0 Å². The fourth-order valence-electron chi connectivity index (χ4n) is 1.02. The summed E-state index contributed by atoms with van der Waals surface area (Å²) in [5.74, 6) is 0. The van der Waals surface area contributed by atoms with Crippen LogP contribution in [-0.2, 0) is 13.0 Å². The van der Waals surface area contributed by atoms with Gasteiger partial charge in [-0.25, -0.2) is 4.57 Å². The van der Waals surface area contributed by atoms with E-state index in [2.05, 4.69) is 36.0 Å². The van der Waals surface area contributed by atoms with E-state index in [1.54, 1.807) is 0 Å². The van der Waals surface area contributed by atoms with Crippen molar-refractivity contribution in [3.63, 3.8) is 0 Å². The second-order valence-electron chi connectivity index (χ2n) is 2.59. The van der Waals surface area contributed by atoms with Crippen LogP contribution in [0.5, 0.6) is 0 Å². The van der Waals surface area contributed by atoms with Gasteiger partial charge in [-0.1, -0.05) is 6.92 Å². The molecule has 0 aliphatic carbocycles. The zero-order valence-electron chi connectivity index (χ0n) is 7.77. The van der Waals surface area contributed by atoms with Crippen molar-refractivity contribution < 1.29 is 4.57 Å². The summed E-state index contributed by atoms with van der Waals surface area (Å²) in [4.78, 5) is 0. The van der Waals surface area contributed by atoms with Crippen LogP contribution in [0.25, 0.3) is 0 Å². The Bertz CT molecular complexity index is 211. The molecule has 0 unspecified atom stereocenters. The monoisotopic (exact) mass is 311 g/mol. The van der Waals surface area contributed by atoms with E-state index >= 15 is 0 Å². The molecule has 1 aromatic rings. The number of nitrogens with zero attached hydrogens (tertiary/aromatic N) is 1. The van der Waals surface area contributed by atoms with E-state index in [0.717, 1.165) is 13.0 Å². The maximum absolute atomic E-state index is 5.41. The summed E-state index contributed by atoms with van der Waals surface area (Å²) in [6.07, 6.45) is 5.25. The zero-order chi connectivity index (χ0) is 8.10. The molecule has 0 atom stereocenters. The molecule has 1 rings (SSSR count). The second kappa shape index (κ2) is 8.66. The minimum Gasteiger partial charge on any atom is -0.325 e. The lowest BCUT2D eigenvalue weighted by Crippen LogP contribution is -2.36. The highest BCUT2D eigenvalue weighted by atomic mass is 79.9. The molecule has 0 saturated heterocycles. The van der Waals surface area contributed by atoms with E-state index in [1.165, 1.54) is 5.56 Å². The van der Waals surface area contributed by atoms with Crippen LogP contribution in [0.1, 0.15) is 12.5 Å². The van der Waals surface area contributed by atoms with Gasteiger partial charge in [-0.3, -0.25) is 0 Å². The lowest BCUT2D eigenvalue weighted by molar-refractivity contribution is -0.694. The molecule has 0 aliphatic rings. The number of rotatable bonds is 3. The molecule has 0 spiro atoms. The summed E-state index contributed by atoms with van der Waals surface area (Å²) in [7, 11) is 0. The Morgan fingerprint density at radius 2 is 1.77 bits per heavy atom. The van der Waals surface area contributed by atoms with Crippen LogP contribution in [0.4, 0.5) is 0 Å². The van der Waals surface area contributed by atoms with Gasteiger partial charge in [-0.2, -0.15) is 0 Å². The van der Waals surface area contributed by atoms with E-state index in [4.69, 9.17) is 5.73 Å². The van der Waals surface area contributed by atoms with E-state index in [-0.39, 0.29) is 34.0 Å². The Labute approximate surface area is 101 Å². The van der Waals surface area contributed by atoms with Crippen molar-refractivity contribution in [1.29, 1.82) is 0 Å². The highest BCUT2D eigenvalue weighted by Gasteiger charge is 1.96. The Morgan fingerprint density at radius 1 is 1.23 bits per heavy atom. The van der Waals surface area contributed by atoms with Gasteiger partial charge in [0.05, 0.1) is 6.54 Å². The maximum atomic E-state index is 5.41. The van der Waals surface area contributed by atoms with Crippen LogP contribution in [-0.4, -0.2) is 6.54 Å². The van der Waals surface area contributed by atoms with E-state index < -0.39 is 0 Å². The molecular formula is C9H17Br2N2+. The molecule has 0 fully saturated rings. The molecule has 0 radical (unpaired) electrons. The van der Waals surface area contributed by atoms with Gasteiger partial charge >= 0.3 is 0 Å². The molecule has 0 amide bonds. The molecule has 1 heterocycles. The maximum Gasteiger partial charge on any atom is 0.169 e. The number of pyridine rings is 1. The Kier molecular flexibility index (Phi) is 10.3. The van der Waals surface area contributed by atoms with Crippen molar-refractivity contribution in [1.82, 2.24) is 0 Å². The fraction of sp³-hybridized carbons (Fsp3) is 0.444. The summed E-state index contributed by atoms with van der Waals surface area (Å²) >= 11 is 0. The smallest absolute Gasteiger partial charge is 0.169 e. The molecular weight excluding hydrogens is 296 g/mol. The lowest BCUT2D eigenvalue weighted by Gasteiger charge is -1.94. The third-order valence-electron chi connectivity index (χ3n) is 1.76. The van der Waals surface area contributed by atoms with Gasteiger partial charge in [0.1, 0.15) is 0 Å². The van der Waals surface area contributed by atoms with Gasteiger partial charge in [0.25, 0.3) is 0 Å². The van der Waals surface area contributed by atoms with Gasteiger partial charge in [0.15, 0.2) is 18.9 Å². The third kappa shape index (κ3) is 5.39. The third-order valence-corrected chi connectivity index (χ3v) is 1.76. The summed E-state index contributed by atoms with van der Waals surface area (Å²) in [6, 6.07) is 4.27. The van der Waals surface area contributed by atoms with Crippen LogP contribution in [0.3, 0.4) is 0 Å². The number of nitrogens with two attached hydrogens (primary N) is 1. The molecule has 0 saturated carbocycles. The molecule has 0 aliphatic heterocycles. The van der Waals surface area contributed by atoms with E-state index in [9.17, 15) is 0 Å². The normalized spacial score (nSPS) is 8.46. The summed E-state index contributed by atoms with van der Waals surface area (Å²) in [6.45, 7) is 3.77. The van der Waals surface area contributed by atoms with E-state index in [0.29, 0.717) is 6.54 Å². The van der Waals surface area contributed by atoms with Crippen LogP contribution < -0.4 is 10.3 Å². The van der Waals surface area contributed by atoms with E-state index in [1.807, 2.05) is 0 Å². The standard InChI is InChI=1S/C9H15N2.2BrH/c1-2-9-3-6-11(7-4-9)8-5-10;;/h3-4,6-7H,2,5,8,10H2,1H3;2*1H/q+1;;. The minimum atomic E-state index is 0.